The molecule has 5 nitrogen and oxygen atoms in total. The lowest BCUT2D eigenvalue weighted by molar-refractivity contribution is 0.276. The van der Waals surface area contributed by atoms with Gasteiger partial charge in [-0.3, -0.25) is 15.1 Å². The largest absolute Gasteiger partial charge is 0.297 e. The minimum Gasteiger partial charge on any atom is -0.297 e. The molecule has 7 heteroatoms. The van der Waals surface area contributed by atoms with Crippen molar-refractivity contribution in [1.82, 2.24) is 25.1 Å². The summed E-state index contributed by atoms with van der Waals surface area (Å²) in [5, 5.41) is 8.93. The second-order valence-electron chi connectivity index (χ2n) is 4.83. The van der Waals surface area contributed by atoms with Gasteiger partial charge in [-0.25, -0.2) is 4.98 Å². The number of rotatable bonds is 3. The predicted octanol–water partition coefficient (Wildman–Crippen LogP) is 2.97. The molecule has 0 aromatic carbocycles. The molecule has 3 heterocycles. The maximum Gasteiger partial charge on any atom is 0.213 e. The van der Waals surface area contributed by atoms with Gasteiger partial charge in [0.1, 0.15) is 10.7 Å². The van der Waals surface area contributed by atoms with Crippen molar-refractivity contribution in [2.45, 2.75) is 32.2 Å². The summed E-state index contributed by atoms with van der Waals surface area (Å²) in [7, 11) is 0. The van der Waals surface area contributed by atoms with Crippen LogP contribution in [0.2, 0.25) is 0 Å². The van der Waals surface area contributed by atoms with E-state index in [0.717, 1.165) is 23.1 Å². The van der Waals surface area contributed by atoms with Crippen molar-refractivity contribution in [3.05, 3.63) is 15.2 Å². The summed E-state index contributed by atoms with van der Waals surface area (Å²) in [6, 6.07) is 0. The molecule has 1 fully saturated rings. The third-order valence-electron chi connectivity index (χ3n) is 3.35. The van der Waals surface area contributed by atoms with Crippen LogP contribution in [0.5, 0.6) is 0 Å². The first-order chi connectivity index (χ1) is 9.31. The zero-order valence-electron chi connectivity index (χ0n) is 10.7. The molecule has 1 saturated heterocycles. The molecule has 0 bridgehead atoms. The molecule has 19 heavy (non-hydrogen) atoms. The van der Waals surface area contributed by atoms with Crippen molar-refractivity contribution in [2.24, 2.45) is 0 Å². The Kier molecular flexibility index (Phi) is 4.05. The normalized spacial score (nSPS) is 17.5. The van der Waals surface area contributed by atoms with Crippen LogP contribution in [0.1, 0.15) is 30.7 Å². The van der Waals surface area contributed by atoms with Crippen molar-refractivity contribution in [3.8, 4) is 11.5 Å². The Hall–Kier alpha value is -1.05. The number of H-pyrrole nitrogens is 2. The van der Waals surface area contributed by atoms with E-state index >= 15 is 0 Å². The summed E-state index contributed by atoms with van der Waals surface area (Å²) in [6.45, 7) is 3.34. The molecule has 0 unspecified atom stereocenters. The SMILES string of the molecule is S=c1nc(-c2csc(CN3CCCCCC3)n2)[nH][nH]1. The summed E-state index contributed by atoms with van der Waals surface area (Å²) in [5.74, 6) is 0.725. The Labute approximate surface area is 121 Å². The molecular formula is C12H17N5S2. The Bertz CT molecular complexity index is 577. The second kappa shape index (κ2) is 5.94. The van der Waals surface area contributed by atoms with Crippen molar-refractivity contribution in [1.29, 1.82) is 0 Å². The molecule has 2 aromatic heterocycles. The highest BCUT2D eigenvalue weighted by atomic mass is 32.1. The van der Waals surface area contributed by atoms with E-state index in [1.54, 1.807) is 11.3 Å². The molecular weight excluding hydrogens is 278 g/mol. The molecule has 1 aliphatic rings. The van der Waals surface area contributed by atoms with Crippen LogP contribution in [-0.2, 0) is 6.54 Å². The number of aromatic nitrogens is 4. The quantitative estimate of drug-likeness (QED) is 0.855. The minimum atomic E-state index is 0.470. The number of hydrogen-bond donors (Lipinski definition) is 2. The van der Waals surface area contributed by atoms with Crippen LogP contribution in [-0.4, -0.2) is 38.2 Å². The number of likely N-dealkylation sites (tertiary alicyclic amines) is 1. The van der Waals surface area contributed by atoms with Crippen molar-refractivity contribution in [2.75, 3.05) is 13.1 Å². The lowest BCUT2D eigenvalue weighted by atomic mass is 10.2. The summed E-state index contributed by atoms with van der Waals surface area (Å²) in [4.78, 5) is 11.3. The van der Waals surface area contributed by atoms with Gasteiger partial charge in [-0.15, -0.1) is 11.3 Å². The fraction of sp³-hybridized carbons (Fsp3) is 0.583. The van der Waals surface area contributed by atoms with Crippen molar-refractivity contribution in [3.63, 3.8) is 0 Å². The van der Waals surface area contributed by atoms with Crippen LogP contribution in [0.4, 0.5) is 0 Å². The topological polar surface area (TPSA) is 60.6 Å². The molecule has 1 aliphatic heterocycles. The molecule has 0 atom stereocenters. The van der Waals surface area contributed by atoms with E-state index < -0.39 is 0 Å². The Morgan fingerprint density at radius 2 is 1.95 bits per heavy atom. The lowest BCUT2D eigenvalue weighted by Gasteiger charge is -2.17. The zero-order chi connectivity index (χ0) is 13.1. The van der Waals surface area contributed by atoms with E-state index in [1.807, 2.05) is 5.38 Å². The highest BCUT2D eigenvalue weighted by Gasteiger charge is 2.13. The van der Waals surface area contributed by atoms with Gasteiger partial charge < -0.3 is 0 Å². The predicted molar refractivity (Wildman–Crippen MR) is 78.6 cm³/mol. The summed E-state index contributed by atoms with van der Waals surface area (Å²) in [6.07, 6.45) is 5.35. The first-order valence-electron chi connectivity index (χ1n) is 6.63. The van der Waals surface area contributed by atoms with Gasteiger partial charge in [0.15, 0.2) is 5.82 Å². The van der Waals surface area contributed by atoms with Gasteiger partial charge in [-0.1, -0.05) is 12.8 Å². The van der Waals surface area contributed by atoms with Crippen LogP contribution >= 0.6 is 23.6 Å². The van der Waals surface area contributed by atoms with E-state index in [9.17, 15) is 0 Å². The van der Waals surface area contributed by atoms with Gasteiger partial charge in [-0.2, -0.15) is 4.98 Å². The van der Waals surface area contributed by atoms with E-state index in [1.165, 1.54) is 38.8 Å². The van der Waals surface area contributed by atoms with E-state index in [2.05, 4.69) is 25.1 Å². The second-order valence-corrected chi connectivity index (χ2v) is 6.16. The van der Waals surface area contributed by atoms with Gasteiger partial charge in [0.25, 0.3) is 0 Å². The number of nitrogens with one attached hydrogen (secondary N) is 2. The average molecular weight is 295 g/mol. The fourth-order valence-corrected chi connectivity index (χ4v) is 3.33. The van der Waals surface area contributed by atoms with E-state index in [0.29, 0.717) is 4.77 Å². The van der Waals surface area contributed by atoms with Gasteiger partial charge >= 0.3 is 0 Å². The van der Waals surface area contributed by atoms with Crippen LogP contribution in [0, 0.1) is 4.77 Å². The average Bonchev–Trinajstić information content (AvgIpc) is 2.94. The van der Waals surface area contributed by atoms with Gasteiger partial charge in [0.2, 0.25) is 4.77 Å². The minimum absolute atomic E-state index is 0.470. The Morgan fingerprint density at radius 3 is 2.63 bits per heavy atom. The standard InChI is InChI=1S/C12H17N5S2/c18-12-14-11(15-16-12)9-8-19-10(13-9)7-17-5-3-1-2-4-6-17/h8H,1-7H2,(H2,14,15,16,18). The summed E-state index contributed by atoms with van der Waals surface area (Å²) in [5.41, 5.74) is 0.877. The fourth-order valence-electron chi connectivity index (χ4n) is 2.37. The van der Waals surface area contributed by atoms with Crippen LogP contribution < -0.4 is 0 Å². The molecule has 0 amide bonds. The third kappa shape index (κ3) is 3.29. The lowest BCUT2D eigenvalue weighted by Crippen LogP contribution is -2.23. The van der Waals surface area contributed by atoms with Crippen LogP contribution in [0.3, 0.4) is 0 Å². The van der Waals surface area contributed by atoms with Gasteiger partial charge in [0, 0.05) is 5.38 Å². The molecule has 3 rings (SSSR count). The molecule has 102 valence electrons. The third-order valence-corrected chi connectivity index (χ3v) is 4.38. The maximum absolute atomic E-state index is 4.96. The number of nitrogens with zero attached hydrogens (tertiary/aromatic N) is 3. The smallest absolute Gasteiger partial charge is 0.213 e. The molecule has 2 N–H and O–H groups in total. The highest BCUT2D eigenvalue weighted by molar-refractivity contribution is 7.71. The van der Waals surface area contributed by atoms with Crippen LogP contribution in [0.15, 0.2) is 5.38 Å². The molecule has 0 aliphatic carbocycles. The molecule has 0 saturated carbocycles. The van der Waals surface area contributed by atoms with Gasteiger partial charge in [-0.05, 0) is 38.1 Å². The first-order valence-corrected chi connectivity index (χ1v) is 7.92. The Balaban J connectivity index is 1.69. The number of aromatic amines is 2. The summed E-state index contributed by atoms with van der Waals surface area (Å²) < 4.78 is 0.470. The van der Waals surface area contributed by atoms with E-state index in [-0.39, 0.29) is 0 Å². The van der Waals surface area contributed by atoms with Crippen LogP contribution in [0.25, 0.3) is 11.5 Å². The number of thiazole rings is 1. The van der Waals surface area contributed by atoms with Crippen molar-refractivity contribution >= 4 is 23.6 Å². The summed E-state index contributed by atoms with van der Waals surface area (Å²) >= 11 is 6.65. The molecule has 0 spiro atoms. The highest BCUT2D eigenvalue weighted by Crippen LogP contribution is 2.20. The van der Waals surface area contributed by atoms with Crippen molar-refractivity contribution < 1.29 is 0 Å². The Morgan fingerprint density at radius 1 is 1.16 bits per heavy atom. The van der Waals surface area contributed by atoms with E-state index in [4.69, 9.17) is 12.2 Å². The first kappa shape index (κ1) is 13.0. The monoisotopic (exact) mass is 295 g/mol. The maximum atomic E-state index is 4.96. The molecule has 2 aromatic rings. The van der Waals surface area contributed by atoms with Gasteiger partial charge in [0.05, 0.1) is 6.54 Å². The molecule has 0 radical (unpaired) electrons. The zero-order valence-corrected chi connectivity index (χ0v) is 12.3. The number of hydrogen-bond acceptors (Lipinski definition) is 5.